The summed E-state index contributed by atoms with van der Waals surface area (Å²) in [7, 11) is 0. The first kappa shape index (κ1) is 17.9. The van der Waals surface area contributed by atoms with Crippen molar-refractivity contribution in [1.29, 1.82) is 0 Å². The minimum Gasteiger partial charge on any atom is -0.398 e. The zero-order valence-electron chi connectivity index (χ0n) is 10.8. The molecule has 0 aliphatic heterocycles. The second-order valence-electron chi connectivity index (χ2n) is 4.14. The number of hydrogen-bond donors (Lipinski definition) is 1. The van der Waals surface area contributed by atoms with E-state index in [-0.39, 0.29) is 0 Å². The van der Waals surface area contributed by atoms with Crippen LogP contribution in [0.4, 0.5) is 5.69 Å². The molecule has 0 bridgehead atoms. The highest BCUT2D eigenvalue weighted by Crippen LogP contribution is 2.28. The maximum atomic E-state index is 5.78. The van der Waals surface area contributed by atoms with Crippen LogP contribution in [0, 0.1) is 13.8 Å². The van der Waals surface area contributed by atoms with Gasteiger partial charge >= 0.3 is 0 Å². The molecule has 2 N–H and O–H groups in total. The van der Waals surface area contributed by atoms with Crippen molar-refractivity contribution in [2.45, 2.75) is 13.8 Å². The van der Waals surface area contributed by atoms with Crippen molar-refractivity contribution >= 4 is 68.0 Å². The highest BCUT2D eigenvalue weighted by atomic mass is 79.9. The number of benzene rings is 2. The Kier molecular flexibility index (Phi) is 6.96. The second kappa shape index (κ2) is 7.77. The minimum absolute atomic E-state index is 0.510. The molecule has 0 atom stereocenters. The van der Waals surface area contributed by atoms with E-state index in [1.807, 2.05) is 19.9 Å². The van der Waals surface area contributed by atoms with Crippen LogP contribution >= 0.6 is 62.3 Å². The van der Waals surface area contributed by atoms with Gasteiger partial charge in [-0.05, 0) is 65.2 Å². The van der Waals surface area contributed by atoms with Crippen LogP contribution in [-0.2, 0) is 0 Å². The molecule has 2 aromatic rings. The van der Waals surface area contributed by atoms with Gasteiger partial charge in [-0.25, -0.2) is 0 Å². The van der Waals surface area contributed by atoms with Crippen LogP contribution in [0.1, 0.15) is 11.1 Å². The third kappa shape index (κ3) is 5.01. The van der Waals surface area contributed by atoms with Crippen molar-refractivity contribution in [1.82, 2.24) is 0 Å². The summed E-state index contributed by atoms with van der Waals surface area (Å²) < 4.78 is 0.885. The number of rotatable bonds is 0. The molecule has 0 aromatic heterocycles. The second-order valence-corrected chi connectivity index (χ2v) is 6.62. The Balaban J connectivity index is 0.000000200. The Hall–Kier alpha value is -0.120. The summed E-state index contributed by atoms with van der Waals surface area (Å²) >= 11 is 26.2. The third-order valence-electron chi connectivity index (χ3n) is 2.48. The maximum Gasteiger partial charge on any atom is 0.0650 e. The summed E-state index contributed by atoms with van der Waals surface area (Å²) in [5, 5.41) is 2.51. The summed E-state index contributed by atoms with van der Waals surface area (Å²) in [4.78, 5) is 0. The molecule has 0 radical (unpaired) electrons. The molecular formula is C14H12BrCl4N. The minimum atomic E-state index is 0.510. The van der Waals surface area contributed by atoms with Gasteiger partial charge in [0, 0.05) is 14.5 Å². The van der Waals surface area contributed by atoms with Crippen molar-refractivity contribution < 1.29 is 0 Å². The van der Waals surface area contributed by atoms with Crippen LogP contribution in [-0.4, -0.2) is 0 Å². The predicted octanol–water partition coefficient (Wildman–Crippen LogP) is 6.95. The van der Waals surface area contributed by atoms with Gasteiger partial charge in [0.2, 0.25) is 0 Å². The first-order chi connectivity index (χ1) is 9.22. The first-order valence-corrected chi connectivity index (χ1v) is 7.85. The smallest absolute Gasteiger partial charge is 0.0650 e. The number of anilines is 1. The molecule has 2 rings (SSSR count). The Bertz CT molecular complexity index is 473. The molecule has 108 valence electrons. The Morgan fingerprint density at radius 2 is 1.20 bits per heavy atom. The number of halogens is 5. The van der Waals surface area contributed by atoms with E-state index in [9.17, 15) is 0 Å². The van der Waals surface area contributed by atoms with Crippen molar-refractivity contribution in [2.24, 2.45) is 0 Å². The van der Waals surface area contributed by atoms with Gasteiger partial charge in [-0.15, -0.1) is 0 Å². The lowest BCUT2D eigenvalue weighted by Gasteiger charge is -2.00. The quantitative estimate of drug-likeness (QED) is 0.365. The predicted molar refractivity (Wildman–Crippen MR) is 94.5 cm³/mol. The maximum absolute atomic E-state index is 5.78. The SMILES string of the molecule is Cc1cc(Br)c(Cl)cc1Cl.Cc1cc(N)c(Cl)cc1Cl. The summed E-state index contributed by atoms with van der Waals surface area (Å²) in [6.45, 7) is 3.82. The van der Waals surface area contributed by atoms with Gasteiger partial charge in [-0.3, -0.25) is 0 Å². The van der Waals surface area contributed by atoms with Crippen molar-refractivity contribution in [3.05, 3.63) is 60.0 Å². The molecule has 0 unspecified atom stereocenters. The van der Waals surface area contributed by atoms with Crippen LogP contribution < -0.4 is 5.73 Å². The van der Waals surface area contributed by atoms with E-state index in [0.717, 1.165) is 15.6 Å². The Labute approximate surface area is 147 Å². The molecule has 1 nitrogen and oxygen atoms in total. The van der Waals surface area contributed by atoms with Crippen LogP contribution in [0.5, 0.6) is 0 Å². The first-order valence-electron chi connectivity index (χ1n) is 5.54. The molecule has 0 aliphatic rings. The van der Waals surface area contributed by atoms with Crippen LogP contribution in [0.25, 0.3) is 0 Å². The number of nitrogen functional groups attached to an aromatic ring is 1. The van der Waals surface area contributed by atoms with Gasteiger partial charge in [0.1, 0.15) is 0 Å². The number of nitrogens with two attached hydrogens (primary N) is 1. The lowest BCUT2D eigenvalue weighted by atomic mass is 10.2. The van der Waals surface area contributed by atoms with E-state index in [1.165, 1.54) is 0 Å². The van der Waals surface area contributed by atoms with Gasteiger partial charge in [0.15, 0.2) is 0 Å². The molecule has 0 saturated carbocycles. The Morgan fingerprint density at radius 1 is 0.750 bits per heavy atom. The fourth-order valence-electron chi connectivity index (χ4n) is 1.30. The highest BCUT2D eigenvalue weighted by molar-refractivity contribution is 9.10. The zero-order chi connectivity index (χ0) is 15.4. The molecule has 0 saturated heterocycles. The van der Waals surface area contributed by atoms with Gasteiger partial charge < -0.3 is 5.73 Å². The molecule has 0 fully saturated rings. The normalized spacial score (nSPS) is 9.95. The number of aryl methyl sites for hydroxylation is 2. The van der Waals surface area contributed by atoms with Crippen LogP contribution in [0.3, 0.4) is 0 Å². The summed E-state index contributed by atoms with van der Waals surface area (Å²) in [5.74, 6) is 0. The molecule has 0 heterocycles. The van der Waals surface area contributed by atoms with Crippen molar-refractivity contribution in [3.63, 3.8) is 0 Å². The lowest BCUT2D eigenvalue weighted by Crippen LogP contribution is -1.87. The summed E-state index contributed by atoms with van der Waals surface area (Å²) in [6, 6.07) is 7.02. The molecule has 0 amide bonds. The largest absolute Gasteiger partial charge is 0.398 e. The van der Waals surface area contributed by atoms with Gasteiger partial charge in [0.05, 0.1) is 15.7 Å². The van der Waals surface area contributed by atoms with E-state index in [0.29, 0.717) is 25.8 Å². The van der Waals surface area contributed by atoms with Crippen molar-refractivity contribution in [2.75, 3.05) is 5.73 Å². The van der Waals surface area contributed by atoms with E-state index in [4.69, 9.17) is 52.1 Å². The highest BCUT2D eigenvalue weighted by Gasteiger charge is 2.00. The van der Waals surface area contributed by atoms with E-state index in [1.54, 1.807) is 18.2 Å². The average molecular weight is 416 g/mol. The van der Waals surface area contributed by atoms with Crippen molar-refractivity contribution in [3.8, 4) is 0 Å². The average Bonchev–Trinajstić information content (AvgIpc) is 2.35. The van der Waals surface area contributed by atoms with Crippen LogP contribution in [0.2, 0.25) is 20.1 Å². The molecular weight excluding hydrogens is 404 g/mol. The zero-order valence-corrected chi connectivity index (χ0v) is 15.4. The Morgan fingerprint density at radius 3 is 1.65 bits per heavy atom. The van der Waals surface area contributed by atoms with Gasteiger partial charge in [-0.1, -0.05) is 46.4 Å². The fraction of sp³-hybridized carbons (Fsp3) is 0.143. The third-order valence-corrected chi connectivity index (χ3v) is 4.82. The molecule has 0 spiro atoms. The summed E-state index contributed by atoms with van der Waals surface area (Å²) in [5.41, 5.74) is 8.05. The van der Waals surface area contributed by atoms with Gasteiger partial charge in [0.25, 0.3) is 0 Å². The lowest BCUT2D eigenvalue weighted by molar-refractivity contribution is 1.45. The van der Waals surface area contributed by atoms with Gasteiger partial charge in [-0.2, -0.15) is 0 Å². The van der Waals surface area contributed by atoms with E-state index < -0.39 is 0 Å². The monoisotopic (exact) mass is 413 g/mol. The molecule has 2 aromatic carbocycles. The molecule has 0 aliphatic carbocycles. The molecule has 20 heavy (non-hydrogen) atoms. The summed E-state index contributed by atoms with van der Waals surface area (Å²) in [6.07, 6.45) is 0. The number of hydrogen-bond acceptors (Lipinski definition) is 1. The topological polar surface area (TPSA) is 26.0 Å². The fourth-order valence-corrected chi connectivity index (χ4v) is 2.53. The van der Waals surface area contributed by atoms with Crippen LogP contribution in [0.15, 0.2) is 28.7 Å². The standard InChI is InChI=1S/C7H5BrCl2.C7H7Cl2N/c1-4-2-5(8)7(10)3-6(4)9;1-4-2-7(10)6(9)3-5(4)8/h2-3H,1H3;2-3H,10H2,1H3. The van der Waals surface area contributed by atoms with E-state index in [2.05, 4.69) is 15.9 Å². The van der Waals surface area contributed by atoms with E-state index >= 15 is 0 Å². The molecule has 6 heteroatoms.